The Balaban J connectivity index is 0.000000147. The molecule has 0 aliphatic carbocycles. The van der Waals surface area contributed by atoms with Crippen LogP contribution in [0.3, 0.4) is 0 Å². The third kappa shape index (κ3) is 25.5. The minimum absolute atomic E-state index is 0.0685. The van der Waals surface area contributed by atoms with Crippen LogP contribution < -0.4 is 20.7 Å². The van der Waals surface area contributed by atoms with Crippen LogP contribution in [0.4, 0.5) is 38.5 Å². The summed E-state index contributed by atoms with van der Waals surface area (Å²) in [5, 5.41) is 14.6. The van der Waals surface area contributed by atoms with Crippen molar-refractivity contribution in [3.63, 3.8) is 0 Å². The van der Waals surface area contributed by atoms with Gasteiger partial charge in [0.15, 0.2) is 0 Å². The Hall–Kier alpha value is -11.2. The molecule has 6 saturated heterocycles. The quantitative estimate of drug-likeness (QED) is 0.0378. The Labute approximate surface area is 801 Å². The summed E-state index contributed by atoms with van der Waals surface area (Å²) in [6.07, 6.45) is 6.31. The number of hydrogen-bond acceptors (Lipinski definition) is 16. The van der Waals surface area contributed by atoms with Crippen LogP contribution in [-0.2, 0) is 38.9 Å². The van der Waals surface area contributed by atoms with Gasteiger partial charge < -0.3 is 78.5 Å². The molecule has 0 radical (unpaired) electrons. The summed E-state index contributed by atoms with van der Waals surface area (Å²) in [6, 6.07) is 69.5. The monoisotopic (exact) mass is 1830 g/mol. The highest BCUT2D eigenvalue weighted by atomic mass is 19.1. The van der Waals surface area contributed by atoms with Crippen LogP contribution in [0, 0.1) is 47.4 Å². The minimum atomic E-state index is -0.188. The molecule has 3 amide bonds. The highest BCUT2D eigenvalue weighted by Crippen LogP contribution is 2.35. The zero-order chi connectivity index (χ0) is 93.9. The summed E-state index contributed by atoms with van der Waals surface area (Å²) in [6.45, 7) is 46.6. The van der Waals surface area contributed by atoms with Crippen LogP contribution in [0.2, 0.25) is 0 Å². The molecule has 3 aromatic heterocycles. The summed E-state index contributed by atoms with van der Waals surface area (Å²) in [4.78, 5) is 68.6. The van der Waals surface area contributed by atoms with E-state index in [0.717, 1.165) is 233 Å². The SMILES string of the molecule is COc1cccc(CCN2CCN(C(=O)c3cccc(Nc4ccc5c(c4)c(C)c(C)n5CCCN4CCN(C)CC4)c3)CC2)c1.Cc1c(C)n(CCCN2CCN(C)CC2)c2ccc(Nc3cccc(C(=O)N4CCN(CCc5cccc(F)c5)CC4)c3)cc12.Cc1c(C)n(CCCN2CCN(C)CC2)c2ccc(Nc3cccc(C(=O)N4CCN(CCc5ccccc5)CC4)c3)cc12. The second-order valence-corrected chi connectivity index (χ2v) is 38.5. The summed E-state index contributed by atoms with van der Waals surface area (Å²) in [5.74, 6) is 1.00. The van der Waals surface area contributed by atoms with Crippen LogP contribution in [0.25, 0.3) is 32.7 Å². The van der Waals surface area contributed by atoms with E-state index in [-0.39, 0.29) is 23.5 Å². The molecular weight excluding hydrogens is 1680 g/mol. The second kappa shape index (κ2) is 46.5. The minimum Gasteiger partial charge on any atom is -0.497 e. The van der Waals surface area contributed by atoms with Crippen molar-refractivity contribution in [1.82, 2.24) is 72.5 Å². The maximum Gasteiger partial charge on any atom is 0.254 e. The Morgan fingerprint density at radius 2 is 0.578 bits per heavy atom. The molecule has 6 aliphatic rings. The van der Waals surface area contributed by atoms with Crippen molar-refractivity contribution in [1.29, 1.82) is 0 Å². The Kier molecular flexibility index (Phi) is 33.4. The lowest BCUT2D eigenvalue weighted by atomic mass is 10.1. The fourth-order valence-corrected chi connectivity index (χ4v) is 20.4. The molecule has 0 atom stereocenters. The largest absolute Gasteiger partial charge is 0.497 e. The zero-order valence-electron chi connectivity index (χ0n) is 81.9. The van der Waals surface area contributed by atoms with E-state index in [0.29, 0.717) is 18.7 Å². The normalized spacial score (nSPS) is 16.8. The van der Waals surface area contributed by atoms with E-state index >= 15 is 0 Å². The van der Waals surface area contributed by atoms with Gasteiger partial charge in [0.25, 0.3) is 17.7 Å². The third-order valence-electron chi connectivity index (χ3n) is 29.5. The molecule has 0 saturated carbocycles. The molecule has 135 heavy (non-hydrogen) atoms. The second-order valence-electron chi connectivity index (χ2n) is 38.5. The molecule has 9 aromatic carbocycles. The lowest BCUT2D eigenvalue weighted by Gasteiger charge is -2.34. The maximum atomic E-state index is 13.5. The van der Waals surface area contributed by atoms with Gasteiger partial charge in [-0.05, 0) is 288 Å². The van der Waals surface area contributed by atoms with Gasteiger partial charge in [0, 0.05) is 297 Å². The number of aromatic nitrogens is 3. The smallest absolute Gasteiger partial charge is 0.254 e. The van der Waals surface area contributed by atoms with Crippen molar-refractivity contribution >= 4 is 84.6 Å². The van der Waals surface area contributed by atoms with Crippen LogP contribution >= 0.6 is 0 Å². The molecule has 18 rings (SSSR count). The maximum absolute atomic E-state index is 13.5. The van der Waals surface area contributed by atoms with E-state index < -0.39 is 0 Å². The highest BCUT2D eigenvalue weighted by Gasteiger charge is 2.28. The summed E-state index contributed by atoms with van der Waals surface area (Å²) in [7, 11) is 8.34. The lowest BCUT2D eigenvalue weighted by Crippen LogP contribution is -2.49. The molecule has 22 nitrogen and oxygen atoms in total. The van der Waals surface area contributed by atoms with Gasteiger partial charge in [0.1, 0.15) is 11.6 Å². The molecule has 0 spiro atoms. The van der Waals surface area contributed by atoms with Crippen LogP contribution in [-0.4, -0.2) is 315 Å². The molecule has 3 N–H and O–H groups in total. The Morgan fingerprint density at radius 1 is 0.289 bits per heavy atom. The van der Waals surface area contributed by atoms with Crippen LogP contribution in [0.1, 0.15) is 101 Å². The number of rotatable bonds is 31. The number of nitrogens with one attached hydrogen (secondary N) is 3. The molecular formula is C112H145FN18O4. The van der Waals surface area contributed by atoms with Gasteiger partial charge in [-0.15, -0.1) is 0 Å². The third-order valence-corrected chi connectivity index (χ3v) is 29.5. The van der Waals surface area contributed by atoms with E-state index in [1.807, 2.05) is 106 Å². The molecule has 9 heterocycles. The van der Waals surface area contributed by atoms with Crippen molar-refractivity contribution < 1.29 is 23.5 Å². The molecule has 6 fully saturated rings. The van der Waals surface area contributed by atoms with E-state index in [9.17, 15) is 18.8 Å². The fourth-order valence-electron chi connectivity index (χ4n) is 20.4. The first-order valence-corrected chi connectivity index (χ1v) is 49.7. The number of halogens is 1. The van der Waals surface area contributed by atoms with Gasteiger partial charge >= 0.3 is 0 Å². The summed E-state index contributed by atoms with van der Waals surface area (Å²) >= 11 is 0. The predicted octanol–water partition coefficient (Wildman–Crippen LogP) is 17.1. The van der Waals surface area contributed by atoms with Crippen molar-refractivity contribution in [2.75, 3.05) is 241 Å². The number of carbonyl (C=O) groups is 3. The van der Waals surface area contributed by atoms with Gasteiger partial charge in [0.05, 0.1) is 7.11 Å². The van der Waals surface area contributed by atoms with Gasteiger partial charge in [-0.2, -0.15) is 0 Å². The number of hydrogen-bond donors (Lipinski definition) is 3. The Bertz CT molecular complexity index is 5940. The van der Waals surface area contributed by atoms with Gasteiger partial charge in [-0.1, -0.05) is 72.8 Å². The summed E-state index contributed by atoms with van der Waals surface area (Å²) < 4.78 is 26.3. The number of aryl methyl sites for hydroxylation is 6. The van der Waals surface area contributed by atoms with E-state index in [1.54, 1.807) is 19.2 Å². The zero-order valence-corrected chi connectivity index (χ0v) is 81.9. The molecule has 0 unspecified atom stereocenters. The Morgan fingerprint density at radius 3 is 0.911 bits per heavy atom. The number of fused-ring (bicyclic) bond motifs is 3. The lowest BCUT2D eigenvalue weighted by molar-refractivity contribution is 0.0632. The first-order valence-electron chi connectivity index (χ1n) is 49.7. The fraction of sp³-hybridized carbons (Fsp3) is 0.438. The number of ether oxygens (including phenoxy) is 1. The first-order chi connectivity index (χ1) is 65.6. The molecule has 714 valence electrons. The van der Waals surface area contributed by atoms with Crippen molar-refractivity contribution in [3.8, 4) is 5.75 Å². The number of amides is 3. The van der Waals surface area contributed by atoms with Crippen molar-refractivity contribution in [2.24, 2.45) is 0 Å². The number of nitrogens with zero attached hydrogens (tertiary/aromatic N) is 15. The van der Waals surface area contributed by atoms with Crippen LogP contribution in [0.5, 0.6) is 5.75 Å². The average Bonchev–Trinajstić information content (AvgIpc) is 1.63. The standard InChI is InChI=1S/C38H50N6O2.C37H47FN6O.C37H48N6O/c1-29-30(2)44(16-7-15-41-20-18-40(3)19-21-41)37-13-12-34(28-36(29)37)39-33-10-6-9-32(27-33)38(45)43-24-22-42(23-25-43)17-14-31-8-5-11-35(26-31)46-4;1-28-29(2)44(15-6-14-41-19-17-40(3)18-20-41)36-12-11-34(27-35(28)36)39-33-10-5-8-31(26-33)37(45)43-23-21-42(22-24-43)16-13-30-7-4-9-32(38)25-30;1-29-30(2)43(17-8-16-40-21-19-39(3)20-22-40)36-14-13-34(28-35(29)36)38-33-12-7-11-32(27-33)37(44)42-25-23-41(24-26-42)18-15-31-9-5-4-6-10-31/h5-6,8-13,26-28,39H,7,14-25H2,1-4H3;4-5,7-12,25-27,39H,6,13-24H2,1-3H3;4-7,9-14,27-28,38H,8,15-26H2,1-3H3. The van der Waals surface area contributed by atoms with E-state index in [2.05, 4.69) is 233 Å². The number of likely N-dealkylation sites (N-methyl/N-ethyl adjacent to an activating group) is 3. The van der Waals surface area contributed by atoms with E-state index in [1.165, 1.54) is 149 Å². The van der Waals surface area contributed by atoms with Gasteiger partial charge in [0.2, 0.25) is 0 Å². The number of methoxy groups -OCH3 is 1. The first kappa shape index (κ1) is 96.9. The van der Waals surface area contributed by atoms with E-state index in [4.69, 9.17) is 4.74 Å². The molecule has 0 bridgehead atoms. The molecule has 12 aromatic rings. The number of piperazine rings is 6. The molecule has 6 aliphatic heterocycles. The molecule has 23 heteroatoms. The van der Waals surface area contributed by atoms with Gasteiger partial charge in [-0.25, -0.2) is 4.39 Å². The highest BCUT2D eigenvalue weighted by molar-refractivity contribution is 5.98. The average molecular weight is 1830 g/mol. The van der Waals surface area contributed by atoms with Crippen molar-refractivity contribution in [2.45, 2.75) is 99.7 Å². The van der Waals surface area contributed by atoms with Crippen molar-refractivity contribution in [3.05, 3.63) is 279 Å². The predicted molar refractivity (Wildman–Crippen MR) is 553 cm³/mol. The topological polar surface area (TPSA) is 150 Å². The number of benzene rings is 9. The van der Waals surface area contributed by atoms with Crippen LogP contribution in [0.15, 0.2) is 206 Å². The number of anilines is 6. The van der Waals surface area contributed by atoms with Gasteiger partial charge in [-0.3, -0.25) is 29.1 Å². The summed E-state index contributed by atoms with van der Waals surface area (Å²) in [5.41, 5.74) is 23.7. The number of carbonyl (C=O) groups excluding carboxylic acids is 3.